The monoisotopic (exact) mass is 434 g/mol. The molecule has 3 aromatic rings. The summed E-state index contributed by atoms with van der Waals surface area (Å²) in [7, 11) is 3.43. The molecule has 2 aliphatic rings. The van der Waals surface area contributed by atoms with Gasteiger partial charge in [-0.25, -0.2) is 4.98 Å². The van der Waals surface area contributed by atoms with Gasteiger partial charge in [-0.1, -0.05) is 12.1 Å². The van der Waals surface area contributed by atoms with Crippen molar-refractivity contribution >= 4 is 11.0 Å². The van der Waals surface area contributed by atoms with E-state index in [1.54, 1.807) is 14.2 Å². The van der Waals surface area contributed by atoms with Crippen LogP contribution in [0.4, 0.5) is 0 Å². The first kappa shape index (κ1) is 21.3. The smallest absolute Gasteiger partial charge is 0.161 e. The average Bonchev–Trinajstić information content (AvgIpc) is 3.19. The SMILES string of the molecule is CCn1c(CN2CCCC(N3CCc4cc(OC)c(OC)cc4C3)C2)nc2ccccc21. The minimum Gasteiger partial charge on any atom is -0.493 e. The van der Waals surface area contributed by atoms with Crippen molar-refractivity contribution in [1.82, 2.24) is 19.4 Å². The zero-order chi connectivity index (χ0) is 22.1. The van der Waals surface area contributed by atoms with E-state index in [9.17, 15) is 0 Å². The number of imidazole rings is 1. The number of likely N-dealkylation sites (tertiary alicyclic amines) is 1. The van der Waals surface area contributed by atoms with E-state index in [4.69, 9.17) is 14.5 Å². The summed E-state index contributed by atoms with van der Waals surface area (Å²) in [5.74, 6) is 2.86. The number of hydrogen-bond donors (Lipinski definition) is 0. The van der Waals surface area contributed by atoms with Crippen molar-refractivity contribution in [2.24, 2.45) is 0 Å². The summed E-state index contributed by atoms with van der Waals surface area (Å²) in [5, 5.41) is 0. The van der Waals surface area contributed by atoms with Crippen molar-refractivity contribution in [3.05, 3.63) is 53.3 Å². The van der Waals surface area contributed by atoms with Gasteiger partial charge in [-0.3, -0.25) is 9.80 Å². The van der Waals surface area contributed by atoms with Crippen LogP contribution in [0.15, 0.2) is 36.4 Å². The van der Waals surface area contributed by atoms with Crippen molar-refractivity contribution in [2.45, 2.75) is 51.9 Å². The van der Waals surface area contributed by atoms with Crippen molar-refractivity contribution in [2.75, 3.05) is 33.9 Å². The molecule has 170 valence electrons. The number of aromatic nitrogens is 2. The summed E-state index contributed by atoms with van der Waals surface area (Å²) in [4.78, 5) is 10.2. The Morgan fingerprint density at radius 3 is 2.59 bits per heavy atom. The predicted molar refractivity (Wildman–Crippen MR) is 127 cm³/mol. The van der Waals surface area contributed by atoms with Crippen molar-refractivity contribution < 1.29 is 9.47 Å². The fourth-order valence-corrected chi connectivity index (χ4v) is 5.49. The molecule has 1 aromatic heterocycles. The van der Waals surface area contributed by atoms with E-state index < -0.39 is 0 Å². The summed E-state index contributed by atoms with van der Waals surface area (Å²) in [6, 6.07) is 13.4. The van der Waals surface area contributed by atoms with E-state index >= 15 is 0 Å². The van der Waals surface area contributed by atoms with Crippen molar-refractivity contribution in [3.8, 4) is 11.5 Å². The Balaban J connectivity index is 1.30. The lowest BCUT2D eigenvalue weighted by molar-refractivity contribution is 0.0819. The van der Waals surface area contributed by atoms with Crippen LogP contribution >= 0.6 is 0 Å². The van der Waals surface area contributed by atoms with Gasteiger partial charge >= 0.3 is 0 Å². The van der Waals surface area contributed by atoms with Crippen molar-refractivity contribution in [3.63, 3.8) is 0 Å². The number of hydrogen-bond acceptors (Lipinski definition) is 5. The Morgan fingerprint density at radius 2 is 1.81 bits per heavy atom. The maximum Gasteiger partial charge on any atom is 0.161 e. The summed E-state index contributed by atoms with van der Waals surface area (Å²) in [5.41, 5.74) is 5.12. The maximum atomic E-state index is 5.55. The molecule has 6 heteroatoms. The molecule has 2 aliphatic heterocycles. The van der Waals surface area contributed by atoms with Gasteiger partial charge in [0.1, 0.15) is 5.82 Å². The molecule has 0 amide bonds. The highest BCUT2D eigenvalue weighted by molar-refractivity contribution is 5.75. The molecule has 0 N–H and O–H groups in total. The number of nitrogens with zero attached hydrogens (tertiary/aromatic N) is 4. The number of para-hydroxylation sites is 2. The van der Waals surface area contributed by atoms with Gasteiger partial charge in [0.15, 0.2) is 11.5 Å². The van der Waals surface area contributed by atoms with Crippen LogP contribution in [0, 0.1) is 0 Å². The molecule has 0 aliphatic carbocycles. The third-order valence-corrected chi connectivity index (χ3v) is 7.16. The minimum atomic E-state index is 0.587. The normalized spacial score (nSPS) is 19.8. The fourth-order valence-electron chi connectivity index (χ4n) is 5.49. The van der Waals surface area contributed by atoms with Gasteiger partial charge in [0, 0.05) is 32.2 Å². The second kappa shape index (κ2) is 9.12. The lowest BCUT2D eigenvalue weighted by Crippen LogP contribution is -2.49. The Morgan fingerprint density at radius 1 is 1.03 bits per heavy atom. The molecular formula is C26H34N4O2. The molecule has 0 spiro atoms. The summed E-state index contributed by atoms with van der Waals surface area (Å²) < 4.78 is 13.4. The lowest BCUT2D eigenvalue weighted by atomic mass is 9.95. The summed E-state index contributed by atoms with van der Waals surface area (Å²) in [6.45, 7) is 8.45. The molecule has 5 rings (SSSR count). The fraction of sp³-hybridized carbons (Fsp3) is 0.500. The second-order valence-corrected chi connectivity index (χ2v) is 8.99. The van der Waals surface area contributed by atoms with Crippen LogP contribution in [-0.2, 0) is 26.1 Å². The van der Waals surface area contributed by atoms with Gasteiger partial charge in [0.2, 0.25) is 0 Å². The first-order chi connectivity index (χ1) is 15.7. The first-order valence-electron chi connectivity index (χ1n) is 11.8. The molecule has 32 heavy (non-hydrogen) atoms. The lowest BCUT2D eigenvalue weighted by Gasteiger charge is -2.41. The second-order valence-electron chi connectivity index (χ2n) is 8.99. The quantitative estimate of drug-likeness (QED) is 0.584. The molecule has 1 fully saturated rings. The van der Waals surface area contributed by atoms with Gasteiger partial charge in [0.25, 0.3) is 0 Å². The Kier molecular flexibility index (Phi) is 6.07. The van der Waals surface area contributed by atoms with Crippen LogP contribution in [0.25, 0.3) is 11.0 Å². The first-order valence-corrected chi connectivity index (χ1v) is 11.8. The van der Waals surface area contributed by atoms with E-state index in [1.807, 2.05) is 0 Å². The van der Waals surface area contributed by atoms with E-state index in [1.165, 1.54) is 35.3 Å². The molecule has 3 heterocycles. The molecular weight excluding hydrogens is 400 g/mol. The Labute approximate surface area is 190 Å². The van der Waals surface area contributed by atoms with Gasteiger partial charge in [-0.15, -0.1) is 0 Å². The largest absolute Gasteiger partial charge is 0.493 e. The van der Waals surface area contributed by atoms with Crippen LogP contribution in [0.2, 0.25) is 0 Å². The van der Waals surface area contributed by atoms with Crippen molar-refractivity contribution in [1.29, 1.82) is 0 Å². The van der Waals surface area contributed by atoms with Crippen LogP contribution in [0.5, 0.6) is 11.5 Å². The van der Waals surface area contributed by atoms with Gasteiger partial charge in [-0.2, -0.15) is 0 Å². The van der Waals surface area contributed by atoms with Crippen LogP contribution in [0.1, 0.15) is 36.7 Å². The number of ether oxygens (including phenoxy) is 2. The highest BCUT2D eigenvalue weighted by atomic mass is 16.5. The summed E-state index contributed by atoms with van der Waals surface area (Å²) in [6.07, 6.45) is 3.58. The molecule has 1 unspecified atom stereocenters. The van der Waals surface area contributed by atoms with Gasteiger partial charge in [0.05, 0.1) is 31.8 Å². The summed E-state index contributed by atoms with van der Waals surface area (Å²) >= 11 is 0. The highest BCUT2D eigenvalue weighted by Gasteiger charge is 2.29. The number of methoxy groups -OCH3 is 2. The van der Waals surface area contributed by atoms with E-state index in [2.05, 4.69) is 57.7 Å². The molecule has 2 aromatic carbocycles. The highest BCUT2D eigenvalue weighted by Crippen LogP contribution is 2.34. The number of piperidine rings is 1. The Hall–Kier alpha value is -2.57. The predicted octanol–water partition coefficient (Wildman–Crippen LogP) is 4.10. The van der Waals surface area contributed by atoms with E-state index in [0.29, 0.717) is 6.04 Å². The topological polar surface area (TPSA) is 42.8 Å². The molecule has 0 saturated carbocycles. The molecule has 6 nitrogen and oxygen atoms in total. The van der Waals surface area contributed by atoms with E-state index in [-0.39, 0.29) is 0 Å². The molecule has 1 atom stereocenters. The third kappa shape index (κ3) is 3.97. The van der Waals surface area contributed by atoms with Crippen LogP contribution < -0.4 is 9.47 Å². The molecule has 1 saturated heterocycles. The van der Waals surface area contributed by atoms with Gasteiger partial charge < -0.3 is 14.0 Å². The average molecular weight is 435 g/mol. The number of fused-ring (bicyclic) bond motifs is 2. The zero-order valence-electron chi connectivity index (χ0n) is 19.5. The zero-order valence-corrected chi connectivity index (χ0v) is 19.5. The number of benzene rings is 2. The maximum absolute atomic E-state index is 5.55. The standard InChI is InChI=1S/C26H34N4O2/c1-4-30-23-10-6-5-9-22(23)27-26(30)18-28-12-7-8-21(17-28)29-13-11-19-14-24(31-2)25(32-3)15-20(19)16-29/h5-6,9-10,14-15,21H,4,7-8,11-13,16-18H2,1-3H3. The molecule has 0 radical (unpaired) electrons. The molecule has 0 bridgehead atoms. The third-order valence-electron chi connectivity index (χ3n) is 7.16. The van der Waals surface area contributed by atoms with Crippen LogP contribution in [0.3, 0.4) is 0 Å². The van der Waals surface area contributed by atoms with E-state index in [0.717, 1.165) is 62.7 Å². The number of rotatable bonds is 6. The Bertz CT molecular complexity index is 1090. The number of aryl methyl sites for hydroxylation is 1. The minimum absolute atomic E-state index is 0.587. The van der Waals surface area contributed by atoms with Gasteiger partial charge in [-0.05, 0) is 68.1 Å². The van der Waals surface area contributed by atoms with Crippen LogP contribution in [-0.4, -0.2) is 59.2 Å².